The van der Waals surface area contributed by atoms with Crippen LogP contribution < -0.4 is 0 Å². The first-order chi connectivity index (χ1) is 22.0. The van der Waals surface area contributed by atoms with Gasteiger partial charge in [0, 0.05) is 62.9 Å². The summed E-state index contributed by atoms with van der Waals surface area (Å²) in [4.78, 5) is 45.3. The number of ether oxygens (including phenoxy) is 1. The number of amides is 2. The lowest BCUT2D eigenvalue weighted by atomic mass is 10.00. The van der Waals surface area contributed by atoms with E-state index in [1.807, 2.05) is 42.5 Å². The number of likely N-dealkylation sites (tertiary alicyclic amines) is 2. The van der Waals surface area contributed by atoms with Gasteiger partial charge in [0.1, 0.15) is 0 Å². The third kappa shape index (κ3) is 5.61. The molecule has 2 aliphatic rings. The molecule has 0 radical (unpaired) electrons. The zero-order chi connectivity index (χ0) is 32.6. The molecule has 0 spiro atoms. The molecule has 2 N–H and O–H groups in total. The van der Waals surface area contributed by atoms with E-state index >= 15 is 0 Å². The molecule has 2 aliphatic heterocycles. The Balaban J connectivity index is 1.39. The topological polar surface area (TPSA) is 125 Å². The van der Waals surface area contributed by atoms with Gasteiger partial charge in [-0.2, -0.15) is 0 Å². The third-order valence-electron chi connectivity index (χ3n) is 8.28. The van der Waals surface area contributed by atoms with Crippen molar-refractivity contribution in [3.8, 4) is 46.1 Å². The van der Waals surface area contributed by atoms with Crippen molar-refractivity contribution in [3.63, 3.8) is 0 Å². The van der Waals surface area contributed by atoms with Gasteiger partial charge in [0.15, 0.2) is 0 Å². The van der Waals surface area contributed by atoms with E-state index in [-0.39, 0.29) is 25.3 Å². The van der Waals surface area contributed by atoms with Crippen molar-refractivity contribution in [2.45, 2.75) is 31.0 Å². The lowest BCUT2D eigenvalue weighted by Crippen LogP contribution is -2.37. The van der Waals surface area contributed by atoms with Crippen molar-refractivity contribution in [1.82, 2.24) is 19.2 Å². The van der Waals surface area contributed by atoms with Crippen LogP contribution in [-0.2, 0) is 14.3 Å². The fraction of sp³-hybridized carbons (Fsp3) is 0.278. The second-order valence-corrected chi connectivity index (χ2v) is 11.5. The van der Waals surface area contributed by atoms with Crippen molar-refractivity contribution < 1.29 is 29.3 Å². The molecule has 10 heteroatoms. The Morgan fingerprint density at radius 3 is 1.93 bits per heavy atom. The molecule has 2 saturated heterocycles. The van der Waals surface area contributed by atoms with Crippen molar-refractivity contribution >= 4 is 23.3 Å². The van der Waals surface area contributed by atoms with Crippen molar-refractivity contribution in [2.24, 2.45) is 0 Å². The van der Waals surface area contributed by atoms with Gasteiger partial charge in [-0.25, -0.2) is 9.78 Å². The van der Waals surface area contributed by atoms with Crippen LogP contribution in [0.15, 0.2) is 66.9 Å². The first kappa shape index (κ1) is 30.6. The van der Waals surface area contributed by atoms with E-state index in [1.165, 1.54) is 9.80 Å². The summed E-state index contributed by atoms with van der Waals surface area (Å²) >= 11 is 0. The number of aliphatic hydroxyl groups is 2. The van der Waals surface area contributed by atoms with Crippen LogP contribution in [0.1, 0.15) is 41.5 Å². The molecule has 10 nitrogen and oxygen atoms in total. The molecule has 46 heavy (non-hydrogen) atoms. The number of carbonyl (C=O) groups is 3. The van der Waals surface area contributed by atoms with E-state index in [1.54, 1.807) is 49.8 Å². The molecule has 2 aromatic heterocycles. The van der Waals surface area contributed by atoms with Crippen LogP contribution in [-0.4, -0.2) is 92.2 Å². The number of pyridine rings is 1. The van der Waals surface area contributed by atoms with E-state index in [0.717, 1.165) is 11.1 Å². The number of fused-ring (bicyclic) bond motifs is 1. The van der Waals surface area contributed by atoms with Gasteiger partial charge in [0.2, 0.25) is 17.0 Å². The Morgan fingerprint density at radius 2 is 1.39 bits per heavy atom. The van der Waals surface area contributed by atoms with Crippen LogP contribution in [0.4, 0.5) is 0 Å². The fourth-order valence-electron chi connectivity index (χ4n) is 5.63. The molecule has 0 aliphatic carbocycles. The van der Waals surface area contributed by atoms with Crippen LogP contribution in [0, 0.1) is 23.7 Å². The Hall–Kier alpha value is -5.42. The summed E-state index contributed by atoms with van der Waals surface area (Å²) in [5.74, 6) is 10.1. The Morgan fingerprint density at radius 1 is 0.848 bits per heavy atom. The number of esters is 1. The molecule has 2 amide bonds. The molecule has 2 fully saturated rings. The van der Waals surface area contributed by atoms with Gasteiger partial charge in [-0.3, -0.25) is 14.0 Å². The smallest absolute Gasteiger partial charge is 0.374 e. The number of benzene rings is 2. The van der Waals surface area contributed by atoms with Crippen LogP contribution in [0.3, 0.4) is 0 Å². The highest BCUT2D eigenvalue weighted by atomic mass is 16.5. The molecule has 2 atom stereocenters. The normalized spacial score (nSPS) is 20.8. The Bertz CT molecular complexity index is 2030. The maximum atomic E-state index is 12.9. The maximum absolute atomic E-state index is 12.9. The SMILES string of the molecule is CCOC(=O)c1nc(-c2cccc(C#C[C@]3(O)CCN(C)C3=O)c2)c2cc(-c3cccc(C#C[C@]4(O)CCN(C)C4=O)c3)ccn12. The summed E-state index contributed by atoms with van der Waals surface area (Å²) in [5.41, 5.74) is 1.28. The van der Waals surface area contributed by atoms with Crippen LogP contribution in [0.2, 0.25) is 0 Å². The van der Waals surface area contributed by atoms with E-state index in [0.29, 0.717) is 41.0 Å². The van der Waals surface area contributed by atoms with Gasteiger partial charge < -0.3 is 24.7 Å². The molecule has 0 unspecified atom stereocenters. The van der Waals surface area contributed by atoms with E-state index in [4.69, 9.17) is 4.74 Å². The molecular weight excluding hydrogens is 584 g/mol. The summed E-state index contributed by atoms with van der Waals surface area (Å²) < 4.78 is 6.96. The van der Waals surface area contributed by atoms with Gasteiger partial charge in [-0.05, 0) is 54.4 Å². The number of likely N-dealkylation sites (N-methyl/N-ethyl adjacent to an activating group) is 2. The highest BCUT2D eigenvalue weighted by Gasteiger charge is 2.43. The molecule has 4 aromatic rings. The monoisotopic (exact) mass is 616 g/mol. The number of hydrogen-bond acceptors (Lipinski definition) is 7. The van der Waals surface area contributed by atoms with Crippen molar-refractivity contribution in [1.29, 1.82) is 0 Å². The highest BCUT2D eigenvalue weighted by molar-refractivity contribution is 5.93. The van der Waals surface area contributed by atoms with Gasteiger partial charge >= 0.3 is 5.97 Å². The minimum absolute atomic E-state index is 0.114. The van der Waals surface area contributed by atoms with Gasteiger partial charge in [0.05, 0.1) is 17.8 Å². The first-order valence-corrected chi connectivity index (χ1v) is 14.9. The largest absolute Gasteiger partial charge is 0.460 e. The average Bonchev–Trinajstić information content (AvgIpc) is 3.67. The van der Waals surface area contributed by atoms with Gasteiger partial charge in [0.25, 0.3) is 11.8 Å². The van der Waals surface area contributed by atoms with Crippen LogP contribution >= 0.6 is 0 Å². The number of nitrogens with zero attached hydrogens (tertiary/aromatic N) is 4. The van der Waals surface area contributed by atoms with Crippen molar-refractivity contribution in [3.05, 3.63) is 83.8 Å². The molecule has 232 valence electrons. The quantitative estimate of drug-likeness (QED) is 0.267. The molecule has 4 heterocycles. The molecule has 2 aromatic carbocycles. The summed E-state index contributed by atoms with van der Waals surface area (Å²) in [6, 6.07) is 18.4. The molecule has 0 bridgehead atoms. The van der Waals surface area contributed by atoms with Crippen LogP contribution in [0.5, 0.6) is 0 Å². The number of carbonyl (C=O) groups excluding carboxylic acids is 3. The fourth-order valence-corrected chi connectivity index (χ4v) is 5.63. The number of hydrogen-bond donors (Lipinski definition) is 2. The van der Waals surface area contributed by atoms with E-state index in [9.17, 15) is 24.6 Å². The molecular formula is C36H32N4O6. The minimum Gasteiger partial charge on any atom is -0.460 e. The maximum Gasteiger partial charge on any atom is 0.374 e. The minimum atomic E-state index is -1.72. The number of aromatic nitrogens is 2. The lowest BCUT2D eigenvalue weighted by Gasteiger charge is -2.13. The lowest BCUT2D eigenvalue weighted by molar-refractivity contribution is -0.138. The predicted octanol–water partition coefficient (Wildman–Crippen LogP) is 2.73. The Kier molecular flexibility index (Phi) is 7.87. The van der Waals surface area contributed by atoms with Crippen LogP contribution in [0.25, 0.3) is 27.9 Å². The second kappa shape index (κ2) is 11.8. The molecule has 0 saturated carbocycles. The van der Waals surface area contributed by atoms with E-state index < -0.39 is 29.0 Å². The zero-order valence-electron chi connectivity index (χ0n) is 25.7. The predicted molar refractivity (Wildman–Crippen MR) is 170 cm³/mol. The molecule has 6 rings (SSSR count). The summed E-state index contributed by atoms with van der Waals surface area (Å²) in [7, 11) is 3.27. The van der Waals surface area contributed by atoms with E-state index in [2.05, 4.69) is 28.7 Å². The van der Waals surface area contributed by atoms with Gasteiger partial charge in [-0.1, -0.05) is 47.9 Å². The van der Waals surface area contributed by atoms with Crippen molar-refractivity contribution in [2.75, 3.05) is 33.8 Å². The first-order valence-electron chi connectivity index (χ1n) is 14.9. The average molecular weight is 617 g/mol. The number of rotatable bonds is 4. The third-order valence-corrected chi connectivity index (χ3v) is 8.28. The second-order valence-electron chi connectivity index (χ2n) is 11.5. The van der Waals surface area contributed by atoms with Gasteiger partial charge in [-0.15, -0.1) is 0 Å². The highest BCUT2D eigenvalue weighted by Crippen LogP contribution is 2.31. The zero-order valence-corrected chi connectivity index (χ0v) is 25.7. The number of imidazole rings is 1. The standard InChI is InChI=1S/C36H32N4O6/c1-4-46-32(41)31-37-30(28-10-6-8-25(22-28)12-15-36(45)17-20-39(3)34(36)43)29-23-27(13-18-40(29)31)26-9-5-7-24(21-26)11-14-35(44)16-19-38(2)33(35)42/h5-10,13,18,21-23,44-45H,4,16-17,19-20H2,1-3H3/t35-,36-/m0/s1. The summed E-state index contributed by atoms with van der Waals surface area (Å²) in [5, 5.41) is 21.5. The Labute approximate surface area is 266 Å². The summed E-state index contributed by atoms with van der Waals surface area (Å²) in [6.45, 7) is 2.79. The summed E-state index contributed by atoms with van der Waals surface area (Å²) in [6.07, 6.45) is 2.24.